The van der Waals surface area contributed by atoms with Crippen LogP contribution in [0.1, 0.15) is 22.3 Å². The molecule has 0 bridgehead atoms. The number of pyridine rings is 1. The van der Waals surface area contributed by atoms with E-state index in [1.807, 2.05) is 25.2 Å². The summed E-state index contributed by atoms with van der Waals surface area (Å²) in [4.78, 5) is 19.4. The number of benzene rings is 2. The van der Waals surface area contributed by atoms with Crippen molar-refractivity contribution in [3.05, 3.63) is 71.8 Å². The second-order valence-corrected chi connectivity index (χ2v) is 8.27. The second-order valence-electron chi connectivity index (χ2n) is 8.27. The summed E-state index contributed by atoms with van der Waals surface area (Å²) in [7, 11) is 1.82. The van der Waals surface area contributed by atoms with Crippen molar-refractivity contribution in [2.45, 2.75) is 12.5 Å². The first kappa shape index (κ1) is 20.8. The molecule has 2 aromatic carbocycles. The molecule has 3 heterocycles. The minimum atomic E-state index is -0.607. The minimum Gasteiger partial charge on any atom is -0.337 e. The van der Waals surface area contributed by atoms with Gasteiger partial charge < -0.3 is 10.6 Å². The van der Waals surface area contributed by atoms with Crippen molar-refractivity contribution in [2.75, 3.05) is 13.1 Å². The van der Waals surface area contributed by atoms with Gasteiger partial charge in [0.05, 0.1) is 11.8 Å². The molecular formula is C25H21FN6O. The Morgan fingerprint density at radius 1 is 1.15 bits per heavy atom. The van der Waals surface area contributed by atoms with E-state index in [0.717, 1.165) is 28.6 Å². The Balaban J connectivity index is 1.65. The van der Waals surface area contributed by atoms with Gasteiger partial charge in [-0.2, -0.15) is 10.4 Å². The van der Waals surface area contributed by atoms with Crippen LogP contribution in [0.4, 0.5) is 4.39 Å². The third kappa shape index (κ3) is 3.73. The molecule has 1 fully saturated rings. The molecule has 2 aromatic heterocycles. The molecule has 33 heavy (non-hydrogen) atoms. The Morgan fingerprint density at radius 2 is 2.00 bits per heavy atom. The summed E-state index contributed by atoms with van der Waals surface area (Å²) in [5.41, 5.74) is 10.1. The SMILES string of the molecule is Cn1ncc2cc(-c3ccc(C(=O)N4CC[C@H](N)C4)cc3-c3ccc(C#N)c(F)c3)cnc21. The van der Waals surface area contributed by atoms with Crippen LogP contribution < -0.4 is 5.73 Å². The first-order valence-electron chi connectivity index (χ1n) is 10.6. The summed E-state index contributed by atoms with van der Waals surface area (Å²) in [5.74, 6) is -0.713. The largest absolute Gasteiger partial charge is 0.337 e. The molecule has 0 radical (unpaired) electrons. The molecule has 1 aliphatic rings. The minimum absolute atomic E-state index is 0.0161. The van der Waals surface area contributed by atoms with Crippen molar-refractivity contribution in [1.82, 2.24) is 19.7 Å². The molecule has 1 amide bonds. The molecule has 0 spiro atoms. The summed E-state index contributed by atoms with van der Waals surface area (Å²) >= 11 is 0. The van der Waals surface area contributed by atoms with Gasteiger partial charge in [-0.3, -0.25) is 9.48 Å². The summed E-state index contributed by atoms with van der Waals surface area (Å²) < 4.78 is 16.2. The number of nitrogens with two attached hydrogens (primary N) is 1. The summed E-state index contributed by atoms with van der Waals surface area (Å²) in [6, 6.07) is 13.7. The molecule has 1 saturated heterocycles. The van der Waals surface area contributed by atoms with E-state index in [1.165, 1.54) is 12.1 Å². The van der Waals surface area contributed by atoms with Crippen LogP contribution in [0, 0.1) is 17.1 Å². The third-order valence-electron chi connectivity index (χ3n) is 6.06. The van der Waals surface area contributed by atoms with Crippen LogP contribution in [0.15, 0.2) is 54.9 Å². The number of fused-ring (bicyclic) bond motifs is 1. The Labute approximate surface area is 189 Å². The van der Waals surface area contributed by atoms with Gasteiger partial charge in [0.15, 0.2) is 5.65 Å². The zero-order valence-corrected chi connectivity index (χ0v) is 18.0. The number of nitrogens with zero attached hydrogens (tertiary/aromatic N) is 5. The quantitative estimate of drug-likeness (QED) is 0.526. The normalized spacial score (nSPS) is 15.7. The topological polar surface area (TPSA) is 101 Å². The van der Waals surface area contributed by atoms with E-state index in [9.17, 15) is 9.18 Å². The Kier molecular flexibility index (Phi) is 5.11. The molecule has 0 unspecified atom stereocenters. The van der Waals surface area contributed by atoms with Crippen LogP contribution in [0.5, 0.6) is 0 Å². The molecule has 1 atom stereocenters. The smallest absolute Gasteiger partial charge is 0.253 e. The van der Waals surface area contributed by atoms with E-state index in [-0.39, 0.29) is 17.5 Å². The summed E-state index contributed by atoms with van der Waals surface area (Å²) in [5, 5.41) is 14.2. The molecule has 2 N–H and O–H groups in total. The number of aryl methyl sites for hydroxylation is 1. The molecule has 8 heteroatoms. The predicted molar refractivity (Wildman–Crippen MR) is 123 cm³/mol. The molecule has 4 aromatic rings. The van der Waals surface area contributed by atoms with E-state index >= 15 is 0 Å². The third-order valence-corrected chi connectivity index (χ3v) is 6.06. The molecular weight excluding hydrogens is 419 g/mol. The summed E-state index contributed by atoms with van der Waals surface area (Å²) in [6.07, 6.45) is 4.25. The number of hydrogen-bond acceptors (Lipinski definition) is 5. The van der Waals surface area contributed by atoms with Gasteiger partial charge in [-0.25, -0.2) is 9.37 Å². The van der Waals surface area contributed by atoms with Gasteiger partial charge in [-0.1, -0.05) is 12.1 Å². The molecule has 7 nitrogen and oxygen atoms in total. The molecule has 1 aliphatic heterocycles. The number of likely N-dealkylation sites (tertiary alicyclic amines) is 1. The highest BCUT2D eigenvalue weighted by Crippen LogP contribution is 2.35. The maximum absolute atomic E-state index is 14.5. The van der Waals surface area contributed by atoms with Crippen molar-refractivity contribution < 1.29 is 9.18 Å². The van der Waals surface area contributed by atoms with Crippen LogP contribution in [-0.2, 0) is 7.05 Å². The van der Waals surface area contributed by atoms with Crippen molar-refractivity contribution in [3.8, 4) is 28.3 Å². The number of halogens is 1. The average molecular weight is 440 g/mol. The predicted octanol–water partition coefficient (Wildman–Crippen LogP) is 3.49. The maximum atomic E-state index is 14.5. The zero-order valence-electron chi connectivity index (χ0n) is 18.0. The van der Waals surface area contributed by atoms with E-state index in [4.69, 9.17) is 11.0 Å². The van der Waals surface area contributed by atoms with Crippen LogP contribution in [0.25, 0.3) is 33.3 Å². The van der Waals surface area contributed by atoms with Gasteiger partial charge in [-0.05, 0) is 53.4 Å². The van der Waals surface area contributed by atoms with Crippen molar-refractivity contribution in [1.29, 1.82) is 5.26 Å². The second kappa shape index (κ2) is 8.11. The fourth-order valence-corrected chi connectivity index (χ4v) is 4.29. The monoisotopic (exact) mass is 440 g/mol. The van der Waals surface area contributed by atoms with Crippen LogP contribution in [-0.4, -0.2) is 44.7 Å². The van der Waals surface area contributed by atoms with Gasteiger partial charge in [-0.15, -0.1) is 0 Å². The fraction of sp³-hybridized carbons (Fsp3) is 0.200. The van der Waals surface area contributed by atoms with Crippen molar-refractivity contribution in [3.63, 3.8) is 0 Å². The van der Waals surface area contributed by atoms with Gasteiger partial charge in [0.25, 0.3) is 5.91 Å². The van der Waals surface area contributed by atoms with Crippen molar-refractivity contribution in [2.24, 2.45) is 12.8 Å². The molecule has 5 rings (SSSR count). The zero-order chi connectivity index (χ0) is 23.1. The molecule has 0 aliphatic carbocycles. The number of carbonyl (C=O) groups excluding carboxylic acids is 1. The van der Waals surface area contributed by atoms with Gasteiger partial charge in [0.2, 0.25) is 0 Å². The average Bonchev–Trinajstić information content (AvgIpc) is 3.43. The lowest BCUT2D eigenvalue weighted by molar-refractivity contribution is 0.0791. The summed E-state index contributed by atoms with van der Waals surface area (Å²) in [6.45, 7) is 1.13. The van der Waals surface area contributed by atoms with E-state index in [1.54, 1.807) is 40.2 Å². The number of hydrogen-bond donors (Lipinski definition) is 1. The van der Waals surface area contributed by atoms with E-state index < -0.39 is 5.82 Å². The molecule has 0 saturated carbocycles. The van der Waals surface area contributed by atoms with Crippen LogP contribution >= 0.6 is 0 Å². The maximum Gasteiger partial charge on any atom is 0.253 e. The number of aromatic nitrogens is 3. The number of amides is 1. The van der Waals surface area contributed by atoms with E-state index in [2.05, 4.69) is 10.1 Å². The van der Waals surface area contributed by atoms with Crippen molar-refractivity contribution >= 4 is 16.9 Å². The van der Waals surface area contributed by atoms with Gasteiger partial charge in [0.1, 0.15) is 11.9 Å². The van der Waals surface area contributed by atoms with E-state index in [0.29, 0.717) is 29.8 Å². The van der Waals surface area contributed by atoms with Crippen LogP contribution in [0.3, 0.4) is 0 Å². The molecule has 164 valence electrons. The lowest BCUT2D eigenvalue weighted by Gasteiger charge is -2.18. The first-order valence-corrected chi connectivity index (χ1v) is 10.6. The first-order chi connectivity index (χ1) is 15.9. The number of rotatable bonds is 3. The number of carbonyl (C=O) groups is 1. The Bertz CT molecular complexity index is 1440. The Hall–Kier alpha value is -4.09. The Morgan fingerprint density at radius 3 is 2.73 bits per heavy atom. The van der Waals surface area contributed by atoms with Crippen LogP contribution in [0.2, 0.25) is 0 Å². The highest BCUT2D eigenvalue weighted by atomic mass is 19.1. The standard InChI is InChI=1S/C25H21FN6O/c1-31-24-19(13-30-31)8-18(12-29-24)21-5-4-16(25(33)32-7-6-20(28)14-32)9-22(21)15-2-3-17(11-27)23(26)10-15/h2-5,8-10,12-13,20H,6-7,14,28H2,1H3/t20-/m0/s1. The lowest BCUT2D eigenvalue weighted by atomic mass is 9.92. The van der Waals surface area contributed by atoms with Gasteiger partial charge in [0, 0.05) is 48.9 Å². The number of nitriles is 1. The highest BCUT2D eigenvalue weighted by Gasteiger charge is 2.25. The fourth-order valence-electron chi connectivity index (χ4n) is 4.29. The lowest BCUT2D eigenvalue weighted by Crippen LogP contribution is -2.31. The van der Waals surface area contributed by atoms with Gasteiger partial charge >= 0.3 is 0 Å². The highest BCUT2D eigenvalue weighted by molar-refractivity contribution is 5.98.